The van der Waals surface area contributed by atoms with Crippen LogP contribution in [0.3, 0.4) is 0 Å². The van der Waals surface area contributed by atoms with Gasteiger partial charge in [-0.05, 0) is 23.3 Å². The monoisotopic (exact) mass is 300 g/mol. The Bertz CT molecular complexity index is 798. The number of ether oxygens (including phenoxy) is 1. The maximum Gasteiger partial charge on any atom is 0.184 e. The molecule has 0 amide bonds. The second kappa shape index (κ2) is 5.40. The second-order valence-corrected chi connectivity index (χ2v) is 5.75. The number of Topliss-reactive ketones (excluding diaryl/α,β-unsaturated/α-hetero) is 1. The van der Waals surface area contributed by atoms with E-state index in [0.29, 0.717) is 17.9 Å². The van der Waals surface area contributed by atoms with Gasteiger partial charge >= 0.3 is 0 Å². The summed E-state index contributed by atoms with van der Waals surface area (Å²) in [6.07, 6.45) is 0. The first-order valence-corrected chi connectivity index (χ1v) is 7.70. The summed E-state index contributed by atoms with van der Waals surface area (Å²) in [5.41, 5.74) is 1.78. The van der Waals surface area contributed by atoms with Crippen molar-refractivity contribution in [3.8, 4) is 5.75 Å². The van der Waals surface area contributed by atoms with Crippen molar-refractivity contribution in [2.24, 2.45) is 0 Å². The molecule has 0 unspecified atom stereocenters. The first-order chi connectivity index (χ1) is 11.3. The van der Waals surface area contributed by atoms with Crippen molar-refractivity contribution < 1.29 is 9.53 Å². The van der Waals surface area contributed by atoms with Gasteiger partial charge in [0.25, 0.3) is 0 Å². The van der Waals surface area contributed by atoms with E-state index in [9.17, 15) is 4.79 Å². The third-order valence-electron chi connectivity index (χ3n) is 4.50. The van der Waals surface area contributed by atoms with Gasteiger partial charge in [0.05, 0.1) is 5.56 Å². The minimum absolute atomic E-state index is 0.0942. The normalized spacial score (nSPS) is 15.6. The van der Waals surface area contributed by atoms with Crippen molar-refractivity contribution in [2.45, 2.75) is 5.41 Å². The molecule has 0 saturated heterocycles. The Labute approximate surface area is 135 Å². The standard InChI is InChI=1S/C21H16O2/c22-20-18-13-7-8-14-19(18)23-15-21(20,16-9-3-1-4-10-16)17-11-5-2-6-12-17/h1-14H,15H2. The number of carbonyl (C=O) groups is 1. The molecule has 3 aromatic rings. The molecule has 3 aromatic carbocycles. The molecule has 0 fully saturated rings. The fraction of sp³-hybridized carbons (Fsp3) is 0.0952. The van der Waals surface area contributed by atoms with Crippen LogP contribution in [0.2, 0.25) is 0 Å². The summed E-state index contributed by atoms with van der Waals surface area (Å²) in [6, 6.07) is 27.3. The van der Waals surface area contributed by atoms with Gasteiger partial charge in [-0.1, -0.05) is 72.8 Å². The van der Waals surface area contributed by atoms with E-state index in [0.717, 1.165) is 11.1 Å². The van der Waals surface area contributed by atoms with E-state index in [-0.39, 0.29) is 5.78 Å². The highest BCUT2D eigenvalue weighted by atomic mass is 16.5. The number of hydrogen-bond acceptors (Lipinski definition) is 2. The highest BCUT2D eigenvalue weighted by molar-refractivity contribution is 6.09. The summed E-state index contributed by atoms with van der Waals surface area (Å²) in [7, 11) is 0. The van der Waals surface area contributed by atoms with Crippen LogP contribution in [0.15, 0.2) is 84.9 Å². The first kappa shape index (κ1) is 13.8. The van der Waals surface area contributed by atoms with Crippen LogP contribution < -0.4 is 4.74 Å². The molecule has 1 heterocycles. The van der Waals surface area contributed by atoms with Crippen LogP contribution in [0.1, 0.15) is 21.5 Å². The molecule has 4 rings (SSSR count). The van der Waals surface area contributed by atoms with Gasteiger partial charge < -0.3 is 4.74 Å². The zero-order valence-corrected chi connectivity index (χ0v) is 12.6. The summed E-state index contributed by atoms with van der Waals surface area (Å²) in [6.45, 7) is 0.316. The fourth-order valence-electron chi connectivity index (χ4n) is 3.30. The van der Waals surface area contributed by atoms with Crippen molar-refractivity contribution >= 4 is 5.78 Å². The predicted octanol–water partition coefficient (Wildman–Crippen LogP) is 4.25. The third kappa shape index (κ3) is 2.07. The smallest absolute Gasteiger partial charge is 0.184 e. The summed E-state index contributed by atoms with van der Waals surface area (Å²) in [4.78, 5) is 13.5. The molecule has 112 valence electrons. The molecule has 0 atom stereocenters. The summed E-state index contributed by atoms with van der Waals surface area (Å²) < 4.78 is 6.00. The molecule has 0 N–H and O–H groups in total. The lowest BCUT2D eigenvalue weighted by Gasteiger charge is -2.37. The molecule has 2 nitrogen and oxygen atoms in total. The number of fused-ring (bicyclic) bond motifs is 1. The van der Waals surface area contributed by atoms with Crippen LogP contribution in [-0.2, 0) is 5.41 Å². The molecule has 0 saturated carbocycles. The third-order valence-corrected chi connectivity index (χ3v) is 4.50. The minimum atomic E-state index is -0.795. The van der Waals surface area contributed by atoms with E-state index in [1.54, 1.807) is 0 Å². The van der Waals surface area contributed by atoms with Crippen molar-refractivity contribution in [1.82, 2.24) is 0 Å². The Morgan fingerprint density at radius 3 is 1.83 bits per heavy atom. The van der Waals surface area contributed by atoms with Gasteiger partial charge in [0.1, 0.15) is 17.8 Å². The van der Waals surface area contributed by atoms with E-state index in [4.69, 9.17) is 4.74 Å². The molecule has 0 spiro atoms. The summed E-state index contributed by atoms with van der Waals surface area (Å²) in [5, 5.41) is 0. The minimum Gasteiger partial charge on any atom is -0.491 e. The average Bonchev–Trinajstić information content (AvgIpc) is 2.64. The zero-order valence-electron chi connectivity index (χ0n) is 12.6. The molecule has 2 heteroatoms. The molecule has 1 aliphatic rings. The molecule has 1 aliphatic heterocycles. The molecule has 0 aromatic heterocycles. The van der Waals surface area contributed by atoms with Crippen molar-refractivity contribution in [1.29, 1.82) is 0 Å². The van der Waals surface area contributed by atoms with Gasteiger partial charge in [0.2, 0.25) is 0 Å². The van der Waals surface area contributed by atoms with Gasteiger partial charge in [0, 0.05) is 0 Å². The Balaban J connectivity index is 1.97. The molecule has 0 aliphatic carbocycles. The van der Waals surface area contributed by atoms with Gasteiger partial charge in [-0.3, -0.25) is 4.79 Å². The van der Waals surface area contributed by atoms with Crippen LogP contribution >= 0.6 is 0 Å². The number of para-hydroxylation sites is 1. The average molecular weight is 300 g/mol. The van der Waals surface area contributed by atoms with Crippen LogP contribution in [0, 0.1) is 0 Å². The number of hydrogen-bond donors (Lipinski definition) is 0. The molecule has 23 heavy (non-hydrogen) atoms. The van der Waals surface area contributed by atoms with Crippen molar-refractivity contribution in [3.05, 3.63) is 102 Å². The molecule has 0 radical (unpaired) electrons. The van der Waals surface area contributed by atoms with Gasteiger partial charge in [-0.15, -0.1) is 0 Å². The van der Waals surface area contributed by atoms with Crippen LogP contribution in [0.4, 0.5) is 0 Å². The van der Waals surface area contributed by atoms with E-state index in [1.165, 1.54) is 0 Å². The highest BCUT2D eigenvalue weighted by Crippen LogP contribution is 2.41. The van der Waals surface area contributed by atoms with Crippen molar-refractivity contribution in [3.63, 3.8) is 0 Å². The van der Waals surface area contributed by atoms with E-state index in [1.807, 2.05) is 84.9 Å². The molecular formula is C21H16O2. The number of rotatable bonds is 2. The Morgan fingerprint density at radius 1 is 0.696 bits per heavy atom. The SMILES string of the molecule is O=C1c2ccccc2OCC1(c1ccccc1)c1ccccc1. The largest absolute Gasteiger partial charge is 0.491 e. The first-order valence-electron chi connectivity index (χ1n) is 7.70. The summed E-state index contributed by atoms with van der Waals surface area (Å²) >= 11 is 0. The van der Waals surface area contributed by atoms with Gasteiger partial charge in [-0.25, -0.2) is 0 Å². The van der Waals surface area contributed by atoms with E-state index in [2.05, 4.69) is 0 Å². The van der Waals surface area contributed by atoms with E-state index < -0.39 is 5.41 Å². The number of carbonyl (C=O) groups excluding carboxylic acids is 1. The number of benzene rings is 3. The van der Waals surface area contributed by atoms with E-state index >= 15 is 0 Å². The topological polar surface area (TPSA) is 26.3 Å². The quantitative estimate of drug-likeness (QED) is 0.707. The molecule has 0 bridgehead atoms. The predicted molar refractivity (Wildman–Crippen MR) is 89.9 cm³/mol. The maximum absolute atomic E-state index is 13.5. The molecular weight excluding hydrogens is 284 g/mol. The highest BCUT2D eigenvalue weighted by Gasteiger charge is 2.46. The Morgan fingerprint density at radius 2 is 1.22 bits per heavy atom. The van der Waals surface area contributed by atoms with Gasteiger partial charge in [-0.2, -0.15) is 0 Å². The van der Waals surface area contributed by atoms with Crippen LogP contribution in [0.25, 0.3) is 0 Å². The van der Waals surface area contributed by atoms with Crippen LogP contribution in [0.5, 0.6) is 5.75 Å². The Hall–Kier alpha value is -2.87. The van der Waals surface area contributed by atoms with Gasteiger partial charge in [0.15, 0.2) is 5.78 Å². The van der Waals surface area contributed by atoms with Crippen molar-refractivity contribution in [2.75, 3.05) is 6.61 Å². The lowest BCUT2D eigenvalue weighted by atomic mass is 9.69. The summed E-state index contributed by atoms with van der Waals surface area (Å²) in [5.74, 6) is 0.761. The lowest BCUT2D eigenvalue weighted by molar-refractivity contribution is 0.0818. The maximum atomic E-state index is 13.5. The van der Waals surface area contributed by atoms with Crippen LogP contribution in [-0.4, -0.2) is 12.4 Å². The zero-order chi connectivity index (χ0) is 15.7. The lowest BCUT2D eigenvalue weighted by Crippen LogP contribution is -2.45. The number of ketones is 1. The fourth-order valence-corrected chi connectivity index (χ4v) is 3.30. The second-order valence-electron chi connectivity index (χ2n) is 5.75. The Kier molecular flexibility index (Phi) is 3.23.